The number of hydrogen-bond donors (Lipinski definition) is 0. The van der Waals surface area contributed by atoms with Crippen LogP contribution >= 0.6 is 11.3 Å². The smallest absolute Gasteiger partial charge is 0.254 e. The maximum absolute atomic E-state index is 12.8. The molecule has 1 aliphatic heterocycles. The molecule has 1 aromatic carbocycles. The van der Waals surface area contributed by atoms with Gasteiger partial charge in [-0.25, -0.2) is 4.98 Å². The first-order valence-electron chi connectivity index (χ1n) is 8.24. The number of carbonyl (C=O) groups is 1. The average molecular weight is 361 g/mol. The quantitative estimate of drug-likeness (QED) is 0.819. The number of nitrogens with zero attached hydrogens (tertiary/aromatic N) is 3. The predicted molar refractivity (Wildman–Crippen MR) is 97.6 cm³/mol. The van der Waals surface area contributed by atoms with E-state index >= 15 is 0 Å². The second-order valence-corrected chi connectivity index (χ2v) is 6.99. The third kappa shape index (κ3) is 4.29. The summed E-state index contributed by atoms with van der Waals surface area (Å²) in [7, 11) is 3.17. The van der Waals surface area contributed by atoms with Crippen LogP contribution in [0.1, 0.15) is 21.1 Å². The van der Waals surface area contributed by atoms with E-state index in [1.807, 2.05) is 11.8 Å². The Balaban J connectivity index is 1.61. The first-order chi connectivity index (χ1) is 12.1. The van der Waals surface area contributed by atoms with E-state index in [1.54, 1.807) is 43.8 Å². The number of methoxy groups -OCH3 is 2. The maximum Gasteiger partial charge on any atom is 0.254 e. The molecule has 1 fully saturated rings. The minimum absolute atomic E-state index is 0.0157. The molecule has 0 unspecified atom stereocenters. The minimum atomic E-state index is 0.0157. The molecule has 0 aliphatic carbocycles. The van der Waals surface area contributed by atoms with Crippen molar-refractivity contribution in [3.63, 3.8) is 0 Å². The monoisotopic (exact) mass is 361 g/mol. The summed E-state index contributed by atoms with van der Waals surface area (Å²) in [6.07, 6.45) is 0. The molecule has 1 aromatic heterocycles. The Morgan fingerprint density at radius 2 is 1.76 bits per heavy atom. The van der Waals surface area contributed by atoms with Crippen molar-refractivity contribution in [2.24, 2.45) is 0 Å². The molecule has 0 radical (unpaired) electrons. The Hall–Kier alpha value is -2.12. The van der Waals surface area contributed by atoms with Crippen molar-refractivity contribution in [2.75, 3.05) is 40.4 Å². The molecule has 2 heterocycles. The van der Waals surface area contributed by atoms with E-state index in [9.17, 15) is 4.79 Å². The fraction of sp³-hybridized carbons (Fsp3) is 0.444. The molecule has 134 valence electrons. The number of aryl methyl sites for hydroxylation is 1. The van der Waals surface area contributed by atoms with E-state index in [4.69, 9.17) is 9.47 Å². The molecular formula is C18H23N3O3S. The normalized spacial score (nSPS) is 15.2. The molecule has 0 spiro atoms. The van der Waals surface area contributed by atoms with Crippen molar-refractivity contribution in [3.8, 4) is 11.5 Å². The molecule has 7 heteroatoms. The van der Waals surface area contributed by atoms with Crippen molar-refractivity contribution in [2.45, 2.75) is 13.5 Å². The number of rotatable bonds is 5. The number of thiazole rings is 1. The maximum atomic E-state index is 12.8. The standard InChI is InChI=1S/C18H23N3O3S/c1-13-12-25-17(19-13)11-20-4-6-21(7-5-20)18(22)14-8-15(23-2)10-16(9-14)24-3/h8-10,12H,4-7,11H2,1-3H3. The molecule has 3 rings (SSSR count). The first kappa shape index (κ1) is 17.7. The van der Waals surface area contributed by atoms with Crippen LogP contribution < -0.4 is 9.47 Å². The van der Waals surface area contributed by atoms with Gasteiger partial charge in [0.2, 0.25) is 0 Å². The van der Waals surface area contributed by atoms with Gasteiger partial charge in [0.15, 0.2) is 0 Å². The van der Waals surface area contributed by atoms with Gasteiger partial charge in [-0.2, -0.15) is 0 Å². The van der Waals surface area contributed by atoms with Crippen LogP contribution in [0.4, 0.5) is 0 Å². The molecule has 6 nitrogen and oxygen atoms in total. The van der Waals surface area contributed by atoms with Crippen molar-refractivity contribution in [1.29, 1.82) is 0 Å². The topological polar surface area (TPSA) is 54.9 Å². The fourth-order valence-corrected chi connectivity index (χ4v) is 3.70. The summed E-state index contributed by atoms with van der Waals surface area (Å²) in [6.45, 7) is 5.99. The Morgan fingerprint density at radius 1 is 1.12 bits per heavy atom. The predicted octanol–water partition coefficient (Wildman–Crippen LogP) is 2.43. The molecule has 0 atom stereocenters. The zero-order valence-corrected chi connectivity index (χ0v) is 15.6. The molecule has 1 amide bonds. The summed E-state index contributed by atoms with van der Waals surface area (Å²) >= 11 is 1.69. The van der Waals surface area contributed by atoms with Crippen LogP contribution in [0.25, 0.3) is 0 Å². The van der Waals surface area contributed by atoms with Gasteiger partial charge in [-0.1, -0.05) is 0 Å². The lowest BCUT2D eigenvalue weighted by Gasteiger charge is -2.34. The van der Waals surface area contributed by atoms with E-state index in [0.717, 1.165) is 30.3 Å². The van der Waals surface area contributed by atoms with Gasteiger partial charge in [-0.3, -0.25) is 9.69 Å². The van der Waals surface area contributed by atoms with E-state index in [1.165, 1.54) is 0 Å². The van der Waals surface area contributed by atoms with Gasteiger partial charge in [0, 0.05) is 48.9 Å². The highest BCUT2D eigenvalue weighted by atomic mass is 32.1. The van der Waals surface area contributed by atoms with Crippen LogP contribution in [0, 0.1) is 6.92 Å². The SMILES string of the molecule is COc1cc(OC)cc(C(=O)N2CCN(Cc3nc(C)cs3)CC2)c1. The lowest BCUT2D eigenvalue weighted by molar-refractivity contribution is 0.0627. The Bertz CT molecular complexity index is 717. The number of ether oxygens (including phenoxy) is 2. The van der Waals surface area contributed by atoms with Crippen LogP contribution in [-0.2, 0) is 6.54 Å². The van der Waals surface area contributed by atoms with Gasteiger partial charge in [0.1, 0.15) is 16.5 Å². The molecule has 0 saturated carbocycles. The largest absolute Gasteiger partial charge is 0.497 e. The number of piperazine rings is 1. The first-order valence-corrected chi connectivity index (χ1v) is 9.12. The summed E-state index contributed by atoms with van der Waals surface area (Å²) in [4.78, 5) is 21.5. The lowest BCUT2D eigenvalue weighted by atomic mass is 10.1. The summed E-state index contributed by atoms with van der Waals surface area (Å²) in [6, 6.07) is 5.29. The number of carbonyl (C=O) groups excluding carboxylic acids is 1. The molecule has 0 bridgehead atoms. The fourth-order valence-electron chi connectivity index (χ4n) is 2.89. The number of amides is 1. The Labute approximate surface area is 152 Å². The molecule has 2 aromatic rings. The van der Waals surface area contributed by atoms with Gasteiger partial charge in [-0.05, 0) is 19.1 Å². The van der Waals surface area contributed by atoms with Gasteiger partial charge in [-0.15, -0.1) is 11.3 Å². The number of hydrogen-bond acceptors (Lipinski definition) is 6. The van der Waals surface area contributed by atoms with Gasteiger partial charge in [0.05, 0.1) is 20.8 Å². The third-order valence-corrected chi connectivity index (χ3v) is 5.23. The van der Waals surface area contributed by atoms with E-state index < -0.39 is 0 Å². The average Bonchev–Trinajstić information content (AvgIpc) is 3.06. The second-order valence-electron chi connectivity index (χ2n) is 6.05. The van der Waals surface area contributed by atoms with Gasteiger partial charge < -0.3 is 14.4 Å². The second kappa shape index (κ2) is 7.84. The van der Waals surface area contributed by atoms with Crippen molar-refractivity contribution < 1.29 is 14.3 Å². The minimum Gasteiger partial charge on any atom is -0.497 e. The molecule has 1 aliphatic rings. The Kier molecular flexibility index (Phi) is 5.55. The zero-order chi connectivity index (χ0) is 17.8. The molecule has 1 saturated heterocycles. The highest BCUT2D eigenvalue weighted by Gasteiger charge is 2.23. The lowest BCUT2D eigenvalue weighted by Crippen LogP contribution is -2.48. The van der Waals surface area contributed by atoms with Crippen LogP contribution in [0.5, 0.6) is 11.5 Å². The van der Waals surface area contributed by atoms with Crippen LogP contribution in [0.15, 0.2) is 23.6 Å². The van der Waals surface area contributed by atoms with E-state index in [0.29, 0.717) is 30.2 Å². The van der Waals surface area contributed by atoms with Crippen LogP contribution in [0.3, 0.4) is 0 Å². The summed E-state index contributed by atoms with van der Waals surface area (Å²) in [5, 5.41) is 3.21. The van der Waals surface area contributed by atoms with Gasteiger partial charge >= 0.3 is 0 Å². The number of aromatic nitrogens is 1. The van der Waals surface area contributed by atoms with Crippen molar-refractivity contribution in [3.05, 3.63) is 39.8 Å². The highest BCUT2D eigenvalue weighted by molar-refractivity contribution is 7.09. The summed E-state index contributed by atoms with van der Waals surface area (Å²) in [5.74, 6) is 1.27. The number of benzene rings is 1. The van der Waals surface area contributed by atoms with Crippen LogP contribution in [0.2, 0.25) is 0 Å². The van der Waals surface area contributed by atoms with E-state index in [-0.39, 0.29) is 5.91 Å². The van der Waals surface area contributed by atoms with Crippen molar-refractivity contribution in [1.82, 2.24) is 14.8 Å². The summed E-state index contributed by atoms with van der Waals surface area (Å²) < 4.78 is 10.5. The van der Waals surface area contributed by atoms with Gasteiger partial charge in [0.25, 0.3) is 5.91 Å². The molecule has 0 N–H and O–H groups in total. The van der Waals surface area contributed by atoms with E-state index in [2.05, 4.69) is 15.3 Å². The van der Waals surface area contributed by atoms with Crippen molar-refractivity contribution >= 4 is 17.2 Å². The highest BCUT2D eigenvalue weighted by Crippen LogP contribution is 2.24. The third-order valence-electron chi connectivity index (χ3n) is 4.28. The zero-order valence-electron chi connectivity index (χ0n) is 14.8. The molecule has 25 heavy (non-hydrogen) atoms. The van der Waals surface area contributed by atoms with Crippen LogP contribution in [-0.4, -0.2) is 61.1 Å². The Morgan fingerprint density at radius 3 is 2.28 bits per heavy atom. The molecular weight excluding hydrogens is 338 g/mol. The summed E-state index contributed by atoms with van der Waals surface area (Å²) in [5.41, 5.74) is 1.67.